The average molecular weight is 257 g/mol. The van der Waals surface area contributed by atoms with Gasteiger partial charge in [-0.1, -0.05) is 30.3 Å². The summed E-state index contributed by atoms with van der Waals surface area (Å²) in [5.74, 6) is 0.719. The van der Waals surface area contributed by atoms with Crippen LogP contribution in [0.1, 0.15) is 12.5 Å². The molecule has 3 N–H and O–H groups in total. The minimum atomic E-state index is -0.700. The summed E-state index contributed by atoms with van der Waals surface area (Å²) in [6.45, 7) is 2.47. The second-order valence-electron chi connectivity index (χ2n) is 3.87. The van der Waals surface area contributed by atoms with Crippen LogP contribution in [0.5, 0.6) is 5.75 Å². The Labute approximate surface area is 111 Å². The quantitative estimate of drug-likeness (QED) is 0.651. The number of ether oxygens (including phenoxy) is 1. The van der Waals surface area contributed by atoms with E-state index < -0.39 is 6.03 Å². The van der Waals surface area contributed by atoms with E-state index in [4.69, 9.17) is 10.5 Å². The van der Waals surface area contributed by atoms with Crippen molar-refractivity contribution in [1.29, 1.82) is 0 Å². The fraction of sp³-hybridized carbons (Fsp3) is 0.143. The molecule has 0 unspecified atom stereocenters. The number of rotatable bonds is 4. The summed E-state index contributed by atoms with van der Waals surface area (Å²) in [6.07, 6.45) is 1.54. The molecule has 2 amide bonds. The van der Waals surface area contributed by atoms with Gasteiger partial charge in [0, 0.05) is 5.56 Å². The normalized spacial score (nSPS) is 10.8. The van der Waals surface area contributed by atoms with Gasteiger partial charge in [0.05, 0.1) is 12.8 Å². The van der Waals surface area contributed by atoms with Gasteiger partial charge in [-0.15, -0.1) is 0 Å². The number of carbonyl (C=O) groups is 1. The lowest BCUT2D eigenvalue weighted by atomic mass is 10.0. The molecule has 0 saturated carbocycles. The third-order valence-corrected chi connectivity index (χ3v) is 2.60. The summed E-state index contributed by atoms with van der Waals surface area (Å²) in [5.41, 5.74) is 7.97. The van der Waals surface area contributed by atoms with Crippen LogP contribution in [-0.2, 0) is 0 Å². The van der Waals surface area contributed by atoms with E-state index in [1.807, 2.05) is 43.3 Å². The van der Waals surface area contributed by atoms with Gasteiger partial charge in [0.25, 0.3) is 0 Å². The molecule has 0 atom stereocenters. The van der Waals surface area contributed by atoms with E-state index >= 15 is 0 Å². The molecule has 0 aliphatic heterocycles. The molecule has 0 spiro atoms. The Morgan fingerprint density at radius 3 is 2.89 bits per heavy atom. The van der Waals surface area contributed by atoms with Gasteiger partial charge < -0.3 is 10.5 Å². The van der Waals surface area contributed by atoms with Gasteiger partial charge in [-0.05, 0) is 23.8 Å². The Balaban J connectivity index is 2.49. The van der Waals surface area contributed by atoms with Crippen molar-refractivity contribution in [2.75, 3.05) is 6.61 Å². The summed E-state index contributed by atoms with van der Waals surface area (Å²) >= 11 is 0. The number of hydrogen-bond acceptors (Lipinski definition) is 3. The first kappa shape index (κ1) is 12.9. The lowest BCUT2D eigenvalue weighted by Gasteiger charge is -2.09. The number of primary amides is 1. The number of urea groups is 1. The maximum absolute atomic E-state index is 10.6. The SMILES string of the molecule is CCOc1ccc2ccccc2c1/C=N/NC(N)=O. The summed E-state index contributed by atoms with van der Waals surface area (Å²) in [6, 6.07) is 11.1. The Morgan fingerprint density at radius 2 is 2.16 bits per heavy atom. The van der Waals surface area contributed by atoms with Gasteiger partial charge in [-0.2, -0.15) is 5.10 Å². The summed E-state index contributed by atoms with van der Waals surface area (Å²) < 4.78 is 5.57. The van der Waals surface area contributed by atoms with E-state index in [2.05, 4.69) is 10.5 Å². The molecule has 0 saturated heterocycles. The van der Waals surface area contributed by atoms with Crippen molar-refractivity contribution < 1.29 is 9.53 Å². The number of benzene rings is 2. The van der Waals surface area contributed by atoms with E-state index in [1.165, 1.54) is 6.21 Å². The number of amides is 2. The third-order valence-electron chi connectivity index (χ3n) is 2.60. The minimum absolute atomic E-state index is 0.558. The van der Waals surface area contributed by atoms with Crippen LogP contribution in [0.2, 0.25) is 0 Å². The molecule has 19 heavy (non-hydrogen) atoms. The van der Waals surface area contributed by atoms with Crippen LogP contribution in [-0.4, -0.2) is 18.9 Å². The maximum Gasteiger partial charge on any atom is 0.332 e. The summed E-state index contributed by atoms with van der Waals surface area (Å²) in [7, 11) is 0. The lowest BCUT2D eigenvalue weighted by Crippen LogP contribution is -2.24. The van der Waals surface area contributed by atoms with Gasteiger partial charge in [0.2, 0.25) is 0 Å². The van der Waals surface area contributed by atoms with Crippen LogP contribution in [0.3, 0.4) is 0 Å². The number of nitrogens with two attached hydrogens (primary N) is 1. The Kier molecular flexibility index (Phi) is 3.97. The molecule has 5 heteroatoms. The van der Waals surface area contributed by atoms with Crippen molar-refractivity contribution in [3.63, 3.8) is 0 Å². The zero-order chi connectivity index (χ0) is 13.7. The molecule has 0 radical (unpaired) electrons. The van der Waals surface area contributed by atoms with Crippen LogP contribution < -0.4 is 15.9 Å². The predicted octanol–water partition coefficient (Wildman–Crippen LogP) is 2.24. The number of nitrogens with zero attached hydrogens (tertiary/aromatic N) is 1. The Morgan fingerprint density at radius 1 is 1.37 bits per heavy atom. The number of hydrogen-bond donors (Lipinski definition) is 2. The van der Waals surface area contributed by atoms with E-state index in [1.54, 1.807) is 0 Å². The van der Waals surface area contributed by atoms with E-state index in [0.29, 0.717) is 6.61 Å². The molecule has 2 rings (SSSR count). The Hall–Kier alpha value is -2.56. The van der Waals surface area contributed by atoms with Crippen molar-refractivity contribution in [3.8, 4) is 5.75 Å². The molecule has 98 valence electrons. The largest absolute Gasteiger partial charge is 0.493 e. The highest BCUT2D eigenvalue weighted by Crippen LogP contribution is 2.26. The summed E-state index contributed by atoms with van der Waals surface area (Å²) in [4.78, 5) is 10.6. The van der Waals surface area contributed by atoms with Gasteiger partial charge in [-0.3, -0.25) is 0 Å². The molecule has 0 aromatic heterocycles. The smallest absolute Gasteiger partial charge is 0.332 e. The minimum Gasteiger partial charge on any atom is -0.493 e. The standard InChI is InChI=1S/C14H15N3O2/c1-2-19-13-8-7-10-5-3-4-6-11(10)12(13)9-16-17-14(15)18/h3-9H,2H2,1H3,(H3,15,17,18)/b16-9+. The monoisotopic (exact) mass is 257 g/mol. The molecule has 2 aromatic carbocycles. The second kappa shape index (κ2) is 5.86. The number of fused-ring (bicyclic) bond motifs is 1. The first-order valence-corrected chi connectivity index (χ1v) is 5.95. The fourth-order valence-electron chi connectivity index (χ4n) is 1.85. The molecule has 0 bridgehead atoms. The zero-order valence-corrected chi connectivity index (χ0v) is 10.6. The number of nitrogens with one attached hydrogen (secondary N) is 1. The van der Waals surface area contributed by atoms with Crippen LogP contribution in [0.4, 0.5) is 4.79 Å². The van der Waals surface area contributed by atoms with Crippen molar-refractivity contribution in [3.05, 3.63) is 42.0 Å². The molecule has 0 heterocycles. The van der Waals surface area contributed by atoms with Gasteiger partial charge in [0.15, 0.2) is 0 Å². The summed E-state index contributed by atoms with van der Waals surface area (Å²) in [5, 5.41) is 5.88. The topological polar surface area (TPSA) is 76.7 Å². The first-order valence-electron chi connectivity index (χ1n) is 5.95. The van der Waals surface area contributed by atoms with Crippen molar-refractivity contribution >= 4 is 23.0 Å². The highest BCUT2D eigenvalue weighted by atomic mass is 16.5. The highest BCUT2D eigenvalue weighted by molar-refractivity contribution is 6.02. The Bertz CT molecular complexity index is 623. The second-order valence-corrected chi connectivity index (χ2v) is 3.87. The van der Waals surface area contributed by atoms with Gasteiger partial charge in [-0.25, -0.2) is 10.2 Å². The van der Waals surface area contributed by atoms with Crippen LogP contribution in [0.25, 0.3) is 10.8 Å². The lowest BCUT2D eigenvalue weighted by molar-refractivity contribution is 0.249. The van der Waals surface area contributed by atoms with Crippen molar-refractivity contribution in [2.45, 2.75) is 6.92 Å². The van der Waals surface area contributed by atoms with E-state index in [-0.39, 0.29) is 0 Å². The predicted molar refractivity (Wildman–Crippen MR) is 75.4 cm³/mol. The molecule has 0 fully saturated rings. The van der Waals surface area contributed by atoms with Crippen LogP contribution in [0.15, 0.2) is 41.5 Å². The van der Waals surface area contributed by atoms with E-state index in [0.717, 1.165) is 22.1 Å². The molecular weight excluding hydrogens is 242 g/mol. The van der Waals surface area contributed by atoms with Crippen molar-refractivity contribution in [2.24, 2.45) is 10.8 Å². The molecule has 5 nitrogen and oxygen atoms in total. The van der Waals surface area contributed by atoms with Gasteiger partial charge in [0.1, 0.15) is 5.75 Å². The number of hydrazone groups is 1. The first-order chi connectivity index (χ1) is 9.22. The fourth-order valence-corrected chi connectivity index (χ4v) is 1.85. The van der Waals surface area contributed by atoms with Crippen LogP contribution >= 0.6 is 0 Å². The number of carbonyl (C=O) groups excluding carboxylic acids is 1. The molecule has 0 aliphatic carbocycles. The highest BCUT2D eigenvalue weighted by Gasteiger charge is 2.06. The third kappa shape index (κ3) is 3.01. The van der Waals surface area contributed by atoms with E-state index in [9.17, 15) is 4.79 Å². The molecule has 0 aliphatic rings. The van der Waals surface area contributed by atoms with Crippen molar-refractivity contribution in [1.82, 2.24) is 5.43 Å². The van der Waals surface area contributed by atoms with Crippen LogP contribution in [0, 0.1) is 0 Å². The van der Waals surface area contributed by atoms with Gasteiger partial charge >= 0.3 is 6.03 Å². The maximum atomic E-state index is 10.6. The molecular formula is C14H15N3O2. The molecule has 2 aromatic rings. The zero-order valence-electron chi connectivity index (χ0n) is 10.6. The average Bonchev–Trinajstić information content (AvgIpc) is 2.40.